The van der Waals surface area contributed by atoms with Crippen molar-refractivity contribution in [1.29, 1.82) is 0 Å². The third-order valence-electron chi connectivity index (χ3n) is 5.88. The number of anilines is 1. The van der Waals surface area contributed by atoms with E-state index < -0.39 is 17.6 Å². The third-order valence-corrected chi connectivity index (χ3v) is 6.78. The Labute approximate surface area is 209 Å². The molecule has 1 aliphatic rings. The van der Waals surface area contributed by atoms with Crippen LogP contribution in [0.15, 0.2) is 48.5 Å². The topological polar surface area (TPSA) is 75.2 Å². The van der Waals surface area contributed by atoms with E-state index in [1.165, 1.54) is 6.07 Å². The Morgan fingerprint density at radius 2 is 1.83 bits per heavy atom. The van der Waals surface area contributed by atoms with Gasteiger partial charge in [0.25, 0.3) is 5.91 Å². The standard InChI is InChI=1S/C24H22ClF3N4O2S/c25-19-8-6-15(7-9-19)17(14-32-10-1-2-11-32)13-20(33)21-23(35-31-30-21)29-22(34)16-4-3-5-18(12-16)24(26,27)28/h3-9,12,17H,1-2,10-11,13-14H2,(H,29,34)/t17-/m0/s1. The van der Waals surface area contributed by atoms with Crippen LogP contribution in [0.3, 0.4) is 0 Å². The number of hydrogen-bond donors (Lipinski definition) is 1. The summed E-state index contributed by atoms with van der Waals surface area (Å²) in [6.45, 7) is 2.63. The lowest BCUT2D eigenvalue weighted by atomic mass is 9.92. The monoisotopic (exact) mass is 522 g/mol. The number of hydrogen-bond acceptors (Lipinski definition) is 6. The second kappa shape index (κ2) is 10.8. The summed E-state index contributed by atoms with van der Waals surface area (Å²) in [7, 11) is 0. The molecule has 0 radical (unpaired) electrons. The minimum Gasteiger partial charge on any atom is -0.310 e. The second-order valence-electron chi connectivity index (χ2n) is 8.37. The summed E-state index contributed by atoms with van der Waals surface area (Å²) in [5, 5.41) is 7.11. The highest BCUT2D eigenvalue weighted by atomic mass is 35.5. The average molecular weight is 523 g/mol. The quantitative estimate of drug-likeness (QED) is 0.372. The van der Waals surface area contributed by atoms with Crippen molar-refractivity contribution in [2.24, 2.45) is 0 Å². The van der Waals surface area contributed by atoms with Crippen molar-refractivity contribution in [3.05, 3.63) is 75.9 Å². The Morgan fingerprint density at radius 3 is 2.51 bits per heavy atom. The molecule has 0 saturated carbocycles. The number of nitrogens with zero attached hydrogens (tertiary/aromatic N) is 3. The maximum Gasteiger partial charge on any atom is 0.416 e. The van der Waals surface area contributed by atoms with Gasteiger partial charge in [0.15, 0.2) is 11.5 Å². The maximum atomic E-state index is 13.2. The molecule has 1 aliphatic heterocycles. The lowest BCUT2D eigenvalue weighted by molar-refractivity contribution is -0.137. The van der Waals surface area contributed by atoms with Crippen molar-refractivity contribution in [3.8, 4) is 0 Å². The van der Waals surface area contributed by atoms with Crippen LogP contribution in [0.5, 0.6) is 0 Å². The van der Waals surface area contributed by atoms with Gasteiger partial charge in [-0.2, -0.15) is 13.2 Å². The maximum absolute atomic E-state index is 13.2. The first-order valence-corrected chi connectivity index (χ1v) is 12.2. The molecule has 11 heteroatoms. The van der Waals surface area contributed by atoms with Gasteiger partial charge >= 0.3 is 6.18 Å². The van der Waals surface area contributed by atoms with E-state index in [9.17, 15) is 22.8 Å². The van der Waals surface area contributed by atoms with E-state index in [-0.39, 0.29) is 34.4 Å². The number of carbonyl (C=O) groups excluding carboxylic acids is 2. The van der Waals surface area contributed by atoms with E-state index in [1.54, 1.807) is 12.1 Å². The van der Waals surface area contributed by atoms with Crippen molar-refractivity contribution in [1.82, 2.24) is 14.5 Å². The summed E-state index contributed by atoms with van der Waals surface area (Å²) in [4.78, 5) is 28.1. The molecule has 4 rings (SSSR count). The lowest BCUT2D eigenvalue weighted by Gasteiger charge is -2.23. The van der Waals surface area contributed by atoms with Crippen LogP contribution in [-0.4, -0.2) is 45.8 Å². The van der Waals surface area contributed by atoms with Crippen LogP contribution in [0.1, 0.15) is 57.2 Å². The van der Waals surface area contributed by atoms with Crippen molar-refractivity contribution in [2.45, 2.75) is 31.4 Å². The minimum atomic E-state index is -4.57. The Hall–Kier alpha value is -2.82. The average Bonchev–Trinajstić information content (AvgIpc) is 3.51. The molecule has 3 aromatic rings. The van der Waals surface area contributed by atoms with Crippen LogP contribution in [-0.2, 0) is 6.18 Å². The van der Waals surface area contributed by atoms with Crippen LogP contribution in [0.25, 0.3) is 0 Å². The van der Waals surface area contributed by atoms with Crippen LogP contribution >= 0.6 is 23.1 Å². The van der Waals surface area contributed by atoms with E-state index >= 15 is 0 Å². The molecule has 1 saturated heterocycles. The number of aromatic nitrogens is 2. The molecule has 0 bridgehead atoms. The van der Waals surface area contributed by atoms with Gasteiger partial charge in [-0.05, 0) is 61.8 Å². The summed E-state index contributed by atoms with van der Waals surface area (Å²) in [6.07, 6.45) is -2.21. The summed E-state index contributed by atoms with van der Waals surface area (Å²) in [6, 6.07) is 11.4. The Kier molecular flexibility index (Phi) is 7.83. The number of benzene rings is 2. The zero-order valence-electron chi connectivity index (χ0n) is 18.5. The minimum absolute atomic E-state index is 0.00397. The predicted octanol–water partition coefficient (Wildman–Crippen LogP) is 5.92. The van der Waals surface area contributed by atoms with E-state index in [0.717, 1.165) is 61.2 Å². The SMILES string of the molecule is O=C(Nc1snnc1C(=O)C[C@@H](CN1CCCC1)c1ccc(Cl)cc1)c1cccc(C(F)(F)F)c1. The van der Waals surface area contributed by atoms with Crippen LogP contribution in [0, 0.1) is 0 Å². The fourth-order valence-corrected chi connectivity index (χ4v) is 4.80. The molecule has 184 valence electrons. The summed E-state index contributed by atoms with van der Waals surface area (Å²) in [5.74, 6) is -1.20. The molecule has 2 aromatic carbocycles. The normalized spacial score (nSPS) is 15.2. The Balaban J connectivity index is 1.50. The Bertz CT molecular complexity index is 1190. The van der Waals surface area contributed by atoms with E-state index in [0.29, 0.717) is 11.6 Å². The number of carbonyl (C=O) groups is 2. The molecule has 1 atom stereocenters. The van der Waals surface area contributed by atoms with E-state index in [4.69, 9.17) is 11.6 Å². The van der Waals surface area contributed by atoms with Gasteiger partial charge in [0.2, 0.25) is 0 Å². The van der Waals surface area contributed by atoms with Crippen LogP contribution in [0.4, 0.5) is 18.2 Å². The highest BCUT2D eigenvalue weighted by Crippen LogP contribution is 2.31. The largest absolute Gasteiger partial charge is 0.416 e. The fourth-order valence-electron chi connectivity index (χ4n) is 4.09. The predicted molar refractivity (Wildman–Crippen MR) is 128 cm³/mol. The second-order valence-corrected chi connectivity index (χ2v) is 9.56. The first kappa shape index (κ1) is 25.3. The molecule has 0 spiro atoms. The van der Waals surface area contributed by atoms with Crippen molar-refractivity contribution >= 4 is 39.8 Å². The summed E-state index contributed by atoms with van der Waals surface area (Å²) >= 11 is 6.84. The number of alkyl halides is 3. The summed E-state index contributed by atoms with van der Waals surface area (Å²) in [5.41, 5.74) is -0.153. The molecule has 35 heavy (non-hydrogen) atoms. The smallest absolute Gasteiger partial charge is 0.310 e. The van der Waals surface area contributed by atoms with E-state index in [1.807, 2.05) is 12.1 Å². The number of halogens is 4. The van der Waals surface area contributed by atoms with Gasteiger partial charge in [-0.25, -0.2) is 0 Å². The molecule has 1 N–H and O–H groups in total. The fraction of sp³-hybridized carbons (Fsp3) is 0.333. The molecular weight excluding hydrogens is 501 g/mol. The zero-order valence-corrected chi connectivity index (χ0v) is 20.1. The number of ketones is 1. The first-order chi connectivity index (χ1) is 16.7. The van der Waals surface area contributed by atoms with Gasteiger partial charge in [-0.3, -0.25) is 9.59 Å². The Morgan fingerprint density at radius 1 is 1.11 bits per heavy atom. The van der Waals surface area contributed by atoms with Gasteiger partial charge in [-0.15, -0.1) is 5.10 Å². The lowest BCUT2D eigenvalue weighted by Crippen LogP contribution is -2.27. The third kappa shape index (κ3) is 6.45. The molecule has 2 heterocycles. The highest BCUT2D eigenvalue weighted by Gasteiger charge is 2.31. The van der Waals surface area contributed by atoms with Gasteiger partial charge in [0, 0.05) is 41.0 Å². The number of nitrogens with one attached hydrogen (secondary N) is 1. The van der Waals surface area contributed by atoms with Crippen molar-refractivity contribution < 1.29 is 22.8 Å². The molecule has 1 aromatic heterocycles. The first-order valence-electron chi connectivity index (χ1n) is 11.0. The molecular formula is C24H22ClF3N4O2S. The van der Waals surface area contributed by atoms with Crippen LogP contribution in [0.2, 0.25) is 5.02 Å². The zero-order chi connectivity index (χ0) is 25.0. The molecule has 6 nitrogen and oxygen atoms in total. The molecule has 1 amide bonds. The number of Topliss-reactive ketones (excluding diaryl/α,β-unsaturated/α-hetero) is 1. The van der Waals surface area contributed by atoms with Crippen molar-refractivity contribution in [3.63, 3.8) is 0 Å². The number of amides is 1. The van der Waals surface area contributed by atoms with Gasteiger partial charge in [0.1, 0.15) is 5.00 Å². The molecule has 0 aliphatic carbocycles. The van der Waals surface area contributed by atoms with Gasteiger partial charge in [0.05, 0.1) is 5.56 Å². The van der Waals surface area contributed by atoms with E-state index in [2.05, 4.69) is 19.8 Å². The molecule has 1 fully saturated rings. The highest BCUT2D eigenvalue weighted by molar-refractivity contribution is 7.10. The van der Waals surface area contributed by atoms with Gasteiger partial charge in [-0.1, -0.05) is 34.3 Å². The number of rotatable bonds is 8. The van der Waals surface area contributed by atoms with Crippen molar-refractivity contribution in [2.75, 3.05) is 25.0 Å². The van der Waals surface area contributed by atoms with Crippen LogP contribution < -0.4 is 5.32 Å². The number of likely N-dealkylation sites (tertiary alicyclic amines) is 1. The summed E-state index contributed by atoms with van der Waals surface area (Å²) < 4.78 is 42.8. The van der Waals surface area contributed by atoms with Gasteiger partial charge < -0.3 is 10.2 Å². The molecule has 0 unspecified atom stereocenters.